The van der Waals surface area contributed by atoms with Crippen LogP contribution in [0.1, 0.15) is 69.6 Å². The van der Waals surface area contributed by atoms with Crippen molar-refractivity contribution in [3.8, 4) is 0 Å². The van der Waals surface area contributed by atoms with Crippen LogP contribution < -0.4 is 16.4 Å². The predicted octanol–water partition coefficient (Wildman–Crippen LogP) is 3.87. The van der Waals surface area contributed by atoms with Crippen molar-refractivity contribution in [2.75, 3.05) is 19.7 Å². The molecule has 1 aliphatic heterocycles. The fraction of sp³-hybridized carbons (Fsp3) is 0.485. The fourth-order valence-corrected chi connectivity index (χ4v) is 5.71. The van der Waals surface area contributed by atoms with E-state index in [-0.39, 0.29) is 25.0 Å². The Hall–Kier alpha value is -3.49. The molecule has 0 saturated heterocycles. The Bertz CT molecular complexity index is 1260. The number of nitrogens with two attached hydrogens (primary N) is 1. The van der Waals surface area contributed by atoms with E-state index < -0.39 is 23.0 Å². The number of nitrogens with zero attached hydrogens (tertiary/aromatic N) is 1. The van der Waals surface area contributed by atoms with Crippen molar-refractivity contribution in [2.45, 2.75) is 83.5 Å². The summed E-state index contributed by atoms with van der Waals surface area (Å²) in [7, 11) is 0. The van der Waals surface area contributed by atoms with Crippen LogP contribution in [0.5, 0.6) is 0 Å². The van der Waals surface area contributed by atoms with E-state index in [4.69, 9.17) is 10.5 Å². The summed E-state index contributed by atoms with van der Waals surface area (Å²) >= 11 is 0. The lowest BCUT2D eigenvalue weighted by Gasteiger charge is -2.38. The highest BCUT2D eigenvalue weighted by Crippen LogP contribution is 2.43. The van der Waals surface area contributed by atoms with Gasteiger partial charge >= 0.3 is 0 Å². The van der Waals surface area contributed by atoms with Crippen LogP contribution in [-0.4, -0.2) is 59.4 Å². The third-order valence-electron chi connectivity index (χ3n) is 8.13. The molecular formula is C33H44N4O4. The molecule has 4 rings (SSSR count). The lowest BCUT2D eigenvalue weighted by molar-refractivity contribution is -0.139. The maximum Gasteiger partial charge on any atom is 0.252 e. The summed E-state index contributed by atoms with van der Waals surface area (Å²) in [6, 6.07) is 16.7. The fourth-order valence-electron chi connectivity index (χ4n) is 5.71. The SMILES string of the molecule is CCN(CC1=C(c2ccc(C)cc2)C(=O)NC12CCCCC2)C(=O)[C@@H](COCc1ccccc1)NC(=O)C(C)(C)N. The normalized spacial score (nSPS) is 17.3. The number of carbonyl (C=O) groups excluding carboxylic acids is 3. The van der Waals surface area contributed by atoms with Gasteiger partial charge in [0.1, 0.15) is 6.04 Å². The zero-order valence-corrected chi connectivity index (χ0v) is 24.8. The van der Waals surface area contributed by atoms with E-state index in [9.17, 15) is 14.4 Å². The number of aryl methyl sites for hydroxylation is 1. The first-order valence-corrected chi connectivity index (χ1v) is 14.7. The number of ether oxygens (including phenoxy) is 1. The van der Waals surface area contributed by atoms with Crippen molar-refractivity contribution in [1.82, 2.24) is 15.5 Å². The minimum Gasteiger partial charge on any atom is -0.374 e. The van der Waals surface area contributed by atoms with Crippen LogP contribution in [0.15, 0.2) is 60.2 Å². The van der Waals surface area contributed by atoms with Crippen molar-refractivity contribution >= 4 is 23.3 Å². The Labute approximate surface area is 243 Å². The zero-order chi connectivity index (χ0) is 29.6. The van der Waals surface area contributed by atoms with E-state index in [0.717, 1.165) is 54.4 Å². The second-order valence-corrected chi connectivity index (χ2v) is 11.9. The predicted molar refractivity (Wildman–Crippen MR) is 161 cm³/mol. The van der Waals surface area contributed by atoms with Gasteiger partial charge in [0.2, 0.25) is 11.8 Å². The minimum atomic E-state index is -1.16. The van der Waals surface area contributed by atoms with Crippen molar-refractivity contribution < 1.29 is 19.1 Å². The van der Waals surface area contributed by atoms with Crippen LogP contribution in [0.4, 0.5) is 0 Å². The van der Waals surface area contributed by atoms with Crippen LogP contribution in [-0.2, 0) is 25.7 Å². The van der Waals surface area contributed by atoms with E-state index in [1.807, 2.05) is 68.4 Å². The van der Waals surface area contributed by atoms with Gasteiger partial charge in [-0.15, -0.1) is 0 Å². The van der Waals surface area contributed by atoms with Gasteiger partial charge in [-0.3, -0.25) is 14.4 Å². The first kappa shape index (κ1) is 30.5. The number of rotatable bonds is 11. The molecule has 2 aromatic rings. The molecule has 0 bridgehead atoms. The molecule has 1 atom stereocenters. The Morgan fingerprint density at radius 1 is 1.07 bits per heavy atom. The third kappa shape index (κ3) is 7.24. The molecule has 2 aliphatic rings. The average molecular weight is 561 g/mol. The first-order valence-electron chi connectivity index (χ1n) is 14.7. The largest absolute Gasteiger partial charge is 0.374 e. The lowest BCUT2D eigenvalue weighted by atomic mass is 9.76. The second-order valence-electron chi connectivity index (χ2n) is 11.9. The Morgan fingerprint density at radius 2 is 1.73 bits per heavy atom. The van der Waals surface area contributed by atoms with Gasteiger partial charge in [-0.05, 0) is 57.2 Å². The van der Waals surface area contributed by atoms with Crippen LogP contribution in [0.3, 0.4) is 0 Å². The molecule has 1 heterocycles. The number of amides is 3. The highest BCUT2D eigenvalue weighted by atomic mass is 16.5. The lowest BCUT2D eigenvalue weighted by Crippen LogP contribution is -2.58. The molecule has 8 nitrogen and oxygen atoms in total. The van der Waals surface area contributed by atoms with Crippen LogP contribution >= 0.6 is 0 Å². The Balaban J connectivity index is 1.63. The van der Waals surface area contributed by atoms with Crippen LogP contribution in [0.2, 0.25) is 0 Å². The molecule has 1 saturated carbocycles. The number of hydrogen-bond donors (Lipinski definition) is 3. The van der Waals surface area contributed by atoms with Gasteiger partial charge in [-0.25, -0.2) is 0 Å². The molecule has 0 radical (unpaired) electrons. The molecule has 41 heavy (non-hydrogen) atoms. The highest BCUT2D eigenvalue weighted by molar-refractivity contribution is 6.24. The van der Waals surface area contributed by atoms with Gasteiger partial charge in [0.15, 0.2) is 0 Å². The number of likely N-dealkylation sites (N-methyl/N-ethyl adjacent to an activating group) is 1. The smallest absolute Gasteiger partial charge is 0.252 e. The molecule has 1 aliphatic carbocycles. The first-order chi connectivity index (χ1) is 19.5. The number of nitrogens with one attached hydrogen (secondary N) is 2. The van der Waals surface area contributed by atoms with Gasteiger partial charge in [0.25, 0.3) is 5.91 Å². The summed E-state index contributed by atoms with van der Waals surface area (Å²) in [6.45, 7) is 8.14. The summed E-state index contributed by atoms with van der Waals surface area (Å²) in [5.74, 6) is -0.786. The van der Waals surface area contributed by atoms with Crippen LogP contribution in [0, 0.1) is 6.92 Å². The van der Waals surface area contributed by atoms with Crippen molar-refractivity contribution in [3.63, 3.8) is 0 Å². The molecule has 1 fully saturated rings. The summed E-state index contributed by atoms with van der Waals surface area (Å²) in [5, 5.41) is 6.16. The summed E-state index contributed by atoms with van der Waals surface area (Å²) < 4.78 is 5.93. The molecule has 4 N–H and O–H groups in total. The third-order valence-corrected chi connectivity index (χ3v) is 8.13. The van der Waals surface area contributed by atoms with E-state index in [0.29, 0.717) is 18.7 Å². The van der Waals surface area contributed by atoms with Gasteiger partial charge in [-0.1, -0.05) is 79.4 Å². The van der Waals surface area contributed by atoms with Gasteiger partial charge in [0.05, 0.1) is 24.3 Å². The highest BCUT2D eigenvalue weighted by Gasteiger charge is 2.46. The number of carbonyl (C=O) groups is 3. The molecule has 0 unspecified atom stereocenters. The molecule has 8 heteroatoms. The van der Waals surface area contributed by atoms with E-state index in [1.54, 1.807) is 18.7 Å². The second kappa shape index (κ2) is 13.0. The molecule has 3 amide bonds. The van der Waals surface area contributed by atoms with E-state index in [2.05, 4.69) is 10.6 Å². The van der Waals surface area contributed by atoms with E-state index >= 15 is 0 Å². The molecular weight excluding hydrogens is 516 g/mol. The topological polar surface area (TPSA) is 114 Å². The Kier molecular flexibility index (Phi) is 9.66. The maximum absolute atomic E-state index is 14.1. The van der Waals surface area contributed by atoms with Crippen molar-refractivity contribution in [1.29, 1.82) is 0 Å². The Morgan fingerprint density at radius 3 is 2.34 bits per heavy atom. The summed E-state index contributed by atoms with van der Waals surface area (Å²) in [5.41, 5.74) is 8.98. The summed E-state index contributed by atoms with van der Waals surface area (Å²) in [6.07, 6.45) is 4.85. The number of benzene rings is 2. The van der Waals surface area contributed by atoms with Gasteiger partial charge in [0, 0.05) is 18.7 Å². The minimum absolute atomic E-state index is 0.00175. The van der Waals surface area contributed by atoms with Gasteiger partial charge in [-0.2, -0.15) is 0 Å². The molecule has 220 valence electrons. The number of hydrogen-bond acceptors (Lipinski definition) is 5. The standard InChI is InChI=1S/C33H44N4O4/c1-5-37(30(39)27(35-31(40)32(3,4)34)22-41-21-24-12-8-6-9-13-24)20-26-28(25-16-14-23(2)15-17-25)29(38)36-33(26)18-10-7-11-19-33/h6,8-9,12-17,27H,5,7,10-11,18-22,34H2,1-4H3,(H,35,40)(H,36,38)/t27-/m1/s1. The maximum atomic E-state index is 14.1. The molecule has 0 aromatic heterocycles. The monoisotopic (exact) mass is 560 g/mol. The van der Waals surface area contributed by atoms with Crippen molar-refractivity contribution in [3.05, 3.63) is 76.9 Å². The quantitative estimate of drug-likeness (QED) is 0.386. The van der Waals surface area contributed by atoms with E-state index in [1.165, 1.54) is 0 Å². The van der Waals surface area contributed by atoms with Crippen molar-refractivity contribution in [2.24, 2.45) is 5.73 Å². The zero-order valence-electron chi connectivity index (χ0n) is 24.8. The summed E-state index contributed by atoms with van der Waals surface area (Å²) in [4.78, 5) is 42.2. The molecule has 1 spiro atoms. The average Bonchev–Trinajstić information content (AvgIpc) is 3.20. The van der Waals surface area contributed by atoms with Gasteiger partial charge < -0.3 is 26.0 Å². The molecule has 2 aromatic carbocycles. The van der Waals surface area contributed by atoms with Crippen LogP contribution in [0.25, 0.3) is 5.57 Å².